The Morgan fingerprint density at radius 1 is 1.14 bits per heavy atom. The maximum atomic E-state index is 13.0. The van der Waals surface area contributed by atoms with Crippen LogP contribution in [0.3, 0.4) is 0 Å². The molecule has 3 aromatic rings. The fraction of sp³-hybridized carbons (Fsp3) is 0.0556. The molecule has 2 N–H and O–H groups in total. The van der Waals surface area contributed by atoms with Gasteiger partial charge in [-0.1, -0.05) is 29.3 Å². The molecule has 0 radical (unpaired) electrons. The van der Waals surface area contributed by atoms with Crippen molar-refractivity contribution in [2.45, 2.75) is 11.1 Å². The second-order valence-electron chi connectivity index (χ2n) is 5.65. The molecule has 5 nitrogen and oxygen atoms in total. The maximum absolute atomic E-state index is 13.0. The maximum Gasteiger partial charge on any atom is 0.417 e. The molecule has 0 spiro atoms. The number of nitrogens with one attached hydrogen (secondary N) is 2. The highest BCUT2D eigenvalue weighted by atomic mass is 35.5. The second kappa shape index (κ2) is 8.48. The molecule has 29 heavy (non-hydrogen) atoms. The summed E-state index contributed by atoms with van der Waals surface area (Å²) in [7, 11) is 0. The number of aromatic amines is 1. The molecule has 2 heterocycles. The summed E-state index contributed by atoms with van der Waals surface area (Å²) in [6.07, 6.45) is -3.36. The summed E-state index contributed by atoms with van der Waals surface area (Å²) >= 11 is 12.4. The van der Waals surface area contributed by atoms with Crippen molar-refractivity contribution in [1.82, 2.24) is 9.97 Å². The largest absolute Gasteiger partial charge is 0.417 e. The highest BCUT2D eigenvalue weighted by molar-refractivity contribution is 8.00. The number of carbonyl (C=O) groups excluding carboxylic acids is 1. The third-order valence-corrected chi connectivity index (χ3v) is 4.95. The monoisotopic (exact) mass is 459 g/mol. The Kier molecular flexibility index (Phi) is 6.21. The summed E-state index contributed by atoms with van der Waals surface area (Å²) in [5, 5.41) is -0.214. The lowest BCUT2D eigenvalue weighted by molar-refractivity contribution is -0.137. The van der Waals surface area contributed by atoms with Crippen LogP contribution in [0.15, 0.2) is 58.4 Å². The number of benzene rings is 1. The van der Waals surface area contributed by atoms with Crippen molar-refractivity contribution >= 4 is 46.6 Å². The van der Waals surface area contributed by atoms with Crippen molar-refractivity contribution < 1.29 is 18.0 Å². The first-order valence-corrected chi connectivity index (χ1v) is 9.41. The van der Waals surface area contributed by atoms with Crippen LogP contribution in [0.1, 0.15) is 21.7 Å². The zero-order valence-electron chi connectivity index (χ0n) is 14.2. The van der Waals surface area contributed by atoms with E-state index in [0.29, 0.717) is 0 Å². The van der Waals surface area contributed by atoms with Crippen LogP contribution < -0.4 is 10.3 Å². The molecule has 0 unspecified atom stereocenters. The van der Waals surface area contributed by atoms with Crippen LogP contribution >= 0.6 is 35.1 Å². The van der Waals surface area contributed by atoms with Crippen molar-refractivity contribution in [2.24, 2.45) is 0 Å². The van der Waals surface area contributed by atoms with E-state index in [-0.39, 0.29) is 27.0 Å². The molecular formula is C18H10Cl2F3N3O2S. The van der Waals surface area contributed by atoms with Gasteiger partial charge in [-0.05, 0) is 42.3 Å². The van der Waals surface area contributed by atoms with Gasteiger partial charge >= 0.3 is 6.18 Å². The molecule has 0 fully saturated rings. The minimum atomic E-state index is -4.61. The van der Waals surface area contributed by atoms with Gasteiger partial charge in [-0.3, -0.25) is 9.59 Å². The number of pyridine rings is 2. The van der Waals surface area contributed by atoms with E-state index in [1.807, 2.05) is 0 Å². The van der Waals surface area contributed by atoms with Gasteiger partial charge in [0.25, 0.3) is 0 Å². The molecule has 0 amide bonds. The van der Waals surface area contributed by atoms with Crippen molar-refractivity contribution in [3.05, 3.63) is 86.0 Å². The van der Waals surface area contributed by atoms with Crippen LogP contribution in [-0.4, -0.2) is 15.8 Å². The van der Waals surface area contributed by atoms with Crippen LogP contribution in [0, 0.1) is 0 Å². The number of H-pyrrole nitrogens is 1. The molecule has 3 rings (SSSR count). The van der Waals surface area contributed by atoms with E-state index >= 15 is 0 Å². The third kappa shape index (κ3) is 5.11. The Hall–Kier alpha value is -2.49. The SMILES string of the molecule is O=C(c1cccc(=O)[nH]1)c1ncc(Cl)cc1NSc1ccc(Cl)c(C(F)(F)F)c1. The second-order valence-corrected chi connectivity index (χ2v) is 7.37. The molecule has 0 saturated carbocycles. The molecule has 2 aromatic heterocycles. The van der Waals surface area contributed by atoms with Gasteiger partial charge in [0.2, 0.25) is 11.3 Å². The Morgan fingerprint density at radius 3 is 2.59 bits per heavy atom. The summed E-state index contributed by atoms with van der Waals surface area (Å²) in [6, 6.07) is 8.88. The summed E-state index contributed by atoms with van der Waals surface area (Å²) < 4.78 is 41.8. The van der Waals surface area contributed by atoms with Gasteiger partial charge in [-0.15, -0.1) is 0 Å². The molecule has 11 heteroatoms. The Labute approximate surface area is 176 Å². The van der Waals surface area contributed by atoms with Crippen molar-refractivity contribution in [2.75, 3.05) is 4.72 Å². The number of aromatic nitrogens is 2. The topological polar surface area (TPSA) is 74.8 Å². The minimum Gasteiger partial charge on any atom is -0.324 e. The van der Waals surface area contributed by atoms with E-state index in [4.69, 9.17) is 23.2 Å². The molecule has 0 aliphatic carbocycles. The van der Waals surface area contributed by atoms with Crippen molar-refractivity contribution in [3.63, 3.8) is 0 Å². The molecule has 0 bridgehead atoms. The number of carbonyl (C=O) groups is 1. The fourth-order valence-corrected chi connectivity index (χ4v) is 3.38. The van der Waals surface area contributed by atoms with E-state index < -0.39 is 28.1 Å². The smallest absolute Gasteiger partial charge is 0.324 e. The van der Waals surface area contributed by atoms with E-state index in [2.05, 4.69) is 14.7 Å². The molecule has 0 aliphatic heterocycles. The first-order valence-electron chi connectivity index (χ1n) is 7.84. The average Bonchev–Trinajstić information content (AvgIpc) is 2.66. The van der Waals surface area contributed by atoms with Gasteiger partial charge in [0.15, 0.2) is 0 Å². The average molecular weight is 460 g/mol. The van der Waals surface area contributed by atoms with E-state index in [0.717, 1.165) is 24.1 Å². The molecule has 150 valence electrons. The van der Waals surface area contributed by atoms with E-state index in [9.17, 15) is 22.8 Å². The number of hydrogen-bond donors (Lipinski definition) is 2. The van der Waals surface area contributed by atoms with Gasteiger partial charge in [0.1, 0.15) is 5.69 Å². The van der Waals surface area contributed by atoms with Gasteiger partial charge in [0, 0.05) is 17.2 Å². The van der Waals surface area contributed by atoms with Gasteiger partial charge in [-0.2, -0.15) is 13.2 Å². The van der Waals surface area contributed by atoms with E-state index in [1.54, 1.807) is 0 Å². The molecule has 0 atom stereocenters. The summed E-state index contributed by atoms with van der Waals surface area (Å²) in [5.41, 5.74) is -1.33. The minimum absolute atomic E-state index is 0.00576. The first kappa shape index (κ1) is 21.2. The highest BCUT2D eigenvalue weighted by Gasteiger charge is 2.33. The quantitative estimate of drug-likeness (QED) is 0.392. The predicted molar refractivity (Wildman–Crippen MR) is 106 cm³/mol. The van der Waals surface area contributed by atoms with Crippen LogP contribution in [0.25, 0.3) is 0 Å². The zero-order valence-corrected chi connectivity index (χ0v) is 16.5. The lowest BCUT2D eigenvalue weighted by Gasteiger charge is -2.13. The number of alkyl halides is 3. The lowest BCUT2D eigenvalue weighted by Crippen LogP contribution is -2.14. The molecular weight excluding hydrogens is 450 g/mol. The van der Waals surface area contributed by atoms with Gasteiger partial charge < -0.3 is 9.71 Å². The number of hydrogen-bond acceptors (Lipinski definition) is 5. The highest BCUT2D eigenvalue weighted by Crippen LogP contribution is 2.37. The summed E-state index contributed by atoms with van der Waals surface area (Å²) in [6.45, 7) is 0. The Bertz CT molecular complexity index is 1140. The first-order chi connectivity index (χ1) is 13.6. The van der Waals surface area contributed by atoms with Crippen molar-refractivity contribution in [1.29, 1.82) is 0 Å². The van der Waals surface area contributed by atoms with Crippen LogP contribution in [0.2, 0.25) is 10.0 Å². The van der Waals surface area contributed by atoms with Crippen LogP contribution in [0.4, 0.5) is 18.9 Å². The summed E-state index contributed by atoms with van der Waals surface area (Å²) in [5.74, 6) is -0.588. The van der Waals surface area contributed by atoms with Gasteiger partial charge in [0.05, 0.1) is 27.0 Å². The number of halogens is 5. The number of anilines is 1. The number of rotatable bonds is 5. The number of ketones is 1. The van der Waals surface area contributed by atoms with Gasteiger partial charge in [-0.25, -0.2) is 4.98 Å². The summed E-state index contributed by atoms with van der Waals surface area (Å²) in [4.78, 5) is 30.7. The Morgan fingerprint density at radius 2 is 1.90 bits per heavy atom. The molecule has 1 aromatic carbocycles. The molecule has 0 saturated heterocycles. The Balaban J connectivity index is 1.90. The number of nitrogens with zero attached hydrogens (tertiary/aromatic N) is 1. The lowest BCUT2D eigenvalue weighted by atomic mass is 10.1. The van der Waals surface area contributed by atoms with E-state index in [1.165, 1.54) is 36.5 Å². The zero-order chi connectivity index (χ0) is 21.2. The fourth-order valence-electron chi connectivity index (χ4n) is 2.30. The predicted octanol–water partition coefficient (Wildman–Crippen LogP) is 5.45. The standard InChI is InChI=1S/C18H10Cl2F3N3O2S/c19-9-6-14(16(24-8-9)17(28)13-2-1-3-15(27)25-13)26-29-10-4-5-12(20)11(7-10)18(21,22)23/h1-8,26H,(H,25,27). The van der Waals surface area contributed by atoms with Crippen LogP contribution in [0.5, 0.6) is 0 Å². The van der Waals surface area contributed by atoms with Crippen LogP contribution in [-0.2, 0) is 6.18 Å². The normalized spacial score (nSPS) is 11.3. The molecule has 0 aliphatic rings. The third-order valence-electron chi connectivity index (χ3n) is 3.60. The van der Waals surface area contributed by atoms with Crippen molar-refractivity contribution in [3.8, 4) is 0 Å².